The number of pyridine rings is 1. The van der Waals surface area contributed by atoms with E-state index in [1.165, 1.54) is 5.56 Å². The molecule has 1 amide bonds. The molecule has 0 radical (unpaired) electrons. The second kappa shape index (κ2) is 8.14. The maximum atomic E-state index is 12.9. The number of amides is 1. The van der Waals surface area contributed by atoms with Gasteiger partial charge in [-0.25, -0.2) is 9.97 Å². The summed E-state index contributed by atoms with van der Waals surface area (Å²) in [6.07, 6.45) is 7.88. The van der Waals surface area contributed by atoms with E-state index in [9.17, 15) is 4.79 Å². The van der Waals surface area contributed by atoms with E-state index >= 15 is 0 Å². The predicted molar refractivity (Wildman–Crippen MR) is 104 cm³/mol. The van der Waals surface area contributed by atoms with Crippen LogP contribution in [0.15, 0.2) is 67.4 Å². The molecule has 0 N–H and O–H groups in total. The third kappa shape index (κ3) is 4.23. The molecule has 1 fully saturated rings. The molecule has 0 spiro atoms. The predicted octanol–water partition coefficient (Wildman–Crippen LogP) is 2.62. The summed E-state index contributed by atoms with van der Waals surface area (Å²) in [4.78, 5) is 25.6. The Labute approximate surface area is 159 Å². The first-order chi connectivity index (χ1) is 13.3. The van der Waals surface area contributed by atoms with Gasteiger partial charge in [-0.2, -0.15) is 0 Å². The second-order valence-electron chi connectivity index (χ2n) is 6.78. The minimum absolute atomic E-state index is 0.0567. The molecule has 0 saturated carbocycles. The van der Waals surface area contributed by atoms with Gasteiger partial charge < -0.3 is 4.90 Å². The highest BCUT2D eigenvalue weighted by Gasteiger charge is 2.20. The molecule has 0 aliphatic carbocycles. The van der Waals surface area contributed by atoms with Crippen LogP contribution in [0, 0.1) is 0 Å². The van der Waals surface area contributed by atoms with E-state index in [0.29, 0.717) is 5.56 Å². The van der Waals surface area contributed by atoms with Gasteiger partial charge in [0.15, 0.2) is 0 Å². The number of imidazole rings is 1. The quantitative estimate of drug-likeness (QED) is 0.717. The Kier molecular flexibility index (Phi) is 5.25. The third-order valence-corrected chi connectivity index (χ3v) is 4.89. The van der Waals surface area contributed by atoms with Crippen LogP contribution < -0.4 is 0 Å². The zero-order valence-corrected chi connectivity index (χ0v) is 15.2. The number of rotatable bonds is 4. The van der Waals surface area contributed by atoms with Gasteiger partial charge in [-0.15, -0.1) is 0 Å². The lowest BCUT2D eigenvalue weighted by Crippen LogP contribution is -2.35. The maximum Gasteiger partial charge on any atom is 0.255 e. The summed E-state index contributed by atoms with van der Waals surface area (Å²) in [7, 11) is 0. The van der Waals surface area contributed by atoms with Gasteiger partial charge in [-0.1, -0.05) is 30.3 Å². The van der Waals surface area contributed by atoms with Crippen LogP contribution in [-0.2, 0) is 6.54 Å². The molecule has 4 rings (SSSR count). The number of hydrogen-bond donors (Lipinski definition) is 0. The van der Waals surface area contributed by atoms with Crippen LogP contribution in [0.4, 0.5) is 0 Å². The molecule has 3 heterocycles. The summed E-state index contributed by atoms with van der Waals surface area (Å²) in [5.74, 6) is 0.815. The SMILES string of the molecule is O=C(c1ccc(-n2ccnc2)nc1)N1CCCN(Cc2ccccc2)CC1. The Balaban J connectivity index is 1.38. The average Bonchev–Trinajstić information content (AvgIpc) is 3.16. The fourth-order valence-corrected chi connectivity index (χ4v) is 3.42. The molecule has 1 aliphatic rings. The second-order valence-corrected chi connectivity index (χ2v) is 6.78. The number of carbonyl (C=O) groups excluding carboxylic acids is 1. The maximum absolute atomic E-state index is 12.9. The van der Waals surface area contributed by atoms with Gasteiger partial charge in [0, 0.05) is 51.3 Å². The first kappa shape index (κ1) is 17.4. The van der Waals surface area contributed by atoms with E-state index in [4.69, 9.17) is 0 Å². The lowest BCUT2D eigenvalue weighted by molar-refractivity contribution is 0.0760. The first-order valence-electron chi connectivity index (χ1n) is 9.29. The van der Waals surface area contributed by atoms with Crippen molar-refractivity contribution in [3.05, 3.63) is 78.5 Å². The van der Waals surface area contributed by atoms with E-state index < -0.39 is 0 Å². The summed E-state index contributed by atoms with van der Waals surface area (Å²) in [6, 6.07) is 14.2. The largest absolute Gasteiger partial charge is 0.337 e. The summed E-state index contributed by atoms with van der Waals surface area (Å²) < 4.78 is 1.82. The molecule has 1 aliphatic heterocycles. The number of hydrogen-bond acceptors (Lipinski definition) is 4. The lowest BCUT2D eigenvalue weighted by Gasteiger charge is -2.22. The van der Waals surface area contributed by atoms with Gasteiger partial charge >= 0.3 is 0 Å². The Bertz CT molecular complexity index is 861. The molecule has 0 bridgehead atoms. The Morgan fingerprint density at radius 2 is 1.89 bits per heavy atom. The molecule has 1 aromatic carbocycles. The number of carbonyl (C=O) groups is 1. The zero-order chi connectivity index (χ0) is 18.5. The summed E-state index contributed by atoms with van der Waals surface area (Å²) in [6.45, 7) is 4.37. The van der Waals surface area contributed by atoms with Crippen molar-refractivity contribution in [3.8, 4) is 5.82 Å². The van der Waals surface area contributed by atoms with Crippen molar-refractivity contribution in [2.45, 2.75) is 13.0 Å². The van der Waals surface area contributed by atoms with Crippen molar-refractivity contribution in [2.75, 3.05) is 26.2 Å². The fourth-order valence-electron chi connectivity index (χ4n) is 3.42. The van der Waals surface area contributed by atoms with Crippen molar-refractivity contribution in [3.63, 3.8) is 0 Å². The molecule has 0 unspecified atom stereocenters. The van der Waals surface area contributed by atoms with E-state index in [-0.39, 0.29) is 5.91 Å². The van der Waals surface area contributed by atoms with Crippen LogP contribution >= 0.6 is 0 Å². The monoisotopic (exact) mass is 361 g/mol. The van der Waals surface area contributed by atoms with Gasteiger partial charge in [-0.3, -0.25) is 14.3 Å². The average molecular weight is 361 g/mol. The van der Waals surface area contributed by atoms with Crippen LogP contribution in [0.2, 0.25) is 0 Å². The van der Waals surface area contributed by atoms with Gasteiger partial charge in [0.25, 0.3) is 5.91 Å². The fraction of sp³-hybridized carbons (Fsp3) is 0.286. The van der Waals surface area contributed by atoms with Crippen LogP contribution in [-0.4, -0.2) is 56.4 Å². The van der Waals surface area contributed by atoms with Gasteiger partial charge in [0.2, 0.25) is 0 Å². The molecule has 27 heavy (non-hydrogen) atoms. The summed E-state index contributed by atoms with van der Waals surface area (Å²) in [5.41, 5.74) is 1.95. The van der Waals surface area contributed by atoms with Crippen LogP contribution in [0.5, 0.6) is 0 Å². The van der Waals surface area contributed by atoms with Crippen molar-refractivity contribution in [2.24, 2.45) is 0 Å². The molecule has 0 atom stereocenters. The highest BCUT2D eigenvalue weighted by Crippen LogP contribution is 2.13. The van der Waals surface area contributed by atoms with Crippen molar-refractivity contribution in [1.82, 2.24) is 24.3 Å². The Hall–Kier alpha value is -2.99. The van der Waals surface area contributed by atoms with Crippen LogP contribution in [0.1, 0.15) is 22.3 Å². The third-order valence-electron chi connectivity index (χ3n) is 4.89. The molecule has 138 valence electrons. The Morgan fingerprint density at radius 1 is 1.00 bits per heavy atom. The summed E-state index contributed by atoms with van der Waals surface area (Å²) in [5, 5.41) is 0. The molecule has 1 saturated heterocycles. The first-order valence-corrected chi connectivity index (χ1v) is 9.29. The van der Waals surface area contributed by atoms with Gasteiger partial charge in [0.1, 0.15) is 12.1 Å². The van der Waals surface area contributed by atoms with Crippen molar-refractivity contribution < 1.29 is 4.79 Å². The molecule has 2 aromatic heterocycles. The normalized spacial score (nSPS) is 15.5. The number of aromatic nitrogens is 3. The standard InChI is InChI=1S/C21H23N5O/c27-21(19-7-8-20(23-15-19)26-12-9-22-17-26)25-11-4-10-24(13-14-25)16-18-5-2-1-3-6-18/h1-3,5-9,12,15,17H,4,10-11,13-14,16H2. The molecule has 6 nitrogen and oxygen atoms in total. The number of benzene rings is 1. The molecule has 6 heteroatoms. The van der Waals surface area contributed by atoms with E-state index in [0.717, 1.165) is 45.0 Å². The highest BCUT2D eigenvalue weighted by molar-refractivity contribution is 5.94. The van der Waals surface area contributed by atoms with Crippen LogP contribution in [0.3, 0.4) is 0 Å². The minimum atomic E-state index is 0.0567. The molecule has 3 aromatic rings. The Morgan fingerprint density at radius 3 is 2.63 bits per heavy atom. The topological polar surface area (TPSA) is 54.3 Å². The lowest BCUT2D eigenvalue weighted by atomic mass is 10.2. The molecular formula is C21H23N5O. The van der Waals surface area contributed by atoms with Crippen LogP contribution in [0.25, 0.3) is 5.82 Å². The molecular weight excluding hydrogens is 338 g/mol. The van der Waals surface area contributed by atoms with Crippen molar-refractivity contribution in [1.29, 1.82) is 0 Å². The van der Waals surface area contributed by atoms with E-state index in [1.54, 1.807) is 18.7 Å². The van der Waals surface area contributed by atoms with Crippen molar-refractivity contribution >= 4 is 5.91 Å². The summed E-state index contributed by atoms with van der Waals surface area (Å²) >= 11 is 0. The number of nitrogens with zero attached hydrogens (tertiary/aromatic N) is 5. The van der Waals surface area contributed by atoms with Gasteiger partial charge in [0.05, 0.1) is 5.56 Å². The van der Waals surface area contributed by atoms with E-state index in [1.807, 2.05) is 33.9 Å². The highest BCUT2D eigenvalue weighted by atomic mass is 16.2. The minimum Gasteiger partial charge on any atom is -0.337 e. The zero-order valence-electron chi connectivity index (χ0n) is 15.2. The van der Waals surface area contributed by atoms with Gasteiger partial charge in [-0.05, 0) is 24.1 Å². The smallest absolute Gasteiger partial charge is 0.255 e. The van der Waals surface area contributed by atoms with E-state index in [2.05, 4.69) is 39.1 Å².